The van der Waals surface area contributed by atoms with E-state index < -0.39 is 22.7 Å². The second-order valence-electron chi connectivity index (χ2n) is 6.94. The highest BCUT2D eigenvalue weighted by atomic mass is 16.5. The molecule has 0 bridgehead atoms. The van der Waals surface area contributed by atoms with Gasteiger partial charge in [0.1, 0.15) is 5.65 Å². The third-order valence-electron chi connectivity index (χ3n) is 5.27. The molecule has 29 heavy (non-hydrogen) atoms. The van der Waals surface area contributed by atoms with Crippen LogP contribution in [0.5, 0.6) is 0 Å². The van der Waals surface area contributed by atoms with E-state index in [1.807, 2.05) is 0 Å². The molecule has 1 N–H and O–H groups in total. The highest BCUT2D eigenvalue weighted by Gasteiger charge is 2.22. The van der Waals surface area contributed by atoms with E-state index in [0.717, 1.165) is 17.7 Å². The van der Waals surface area contributed by atoms with E-state index >= 15 is 0 Å². The van der Waals surface area contributed by atoms with Crippen molar-refractivity contribution < 1.29 is 9.53 Å². The van der Waals surface area contributed by atoms with Crippen LogP contribution in [0.3, 0.4) is 0 Å². The zero-order valence-corrected chi connectivity index (χ0v) is 17.1. The fourth-order valence-electron chi connectivity index (χ4n) is 3.70. The third-order valence-corrected chi connectivity index (χ3v) is 5.27. The molecule has 1 amide bonds. The van der Waals surface area contributed by atoms with Gasteiger partial charge in [-0.25, -0.2) is 4.79 Å². The number of pyridine rings is 1. The molecule has 1 fully saturated rings. The van der Waals surface area contributed by atoms with Crippen LogP contribution in [0.4, 0.5) is 0 Å². The molecule has 0 radical (unpaired) electrons. The minimum absolute atomic E-state index is 0.000484. The summed E-state index contributed by atoms with van der Waals surface area (Å²) >= 11 is 0. The number of hydrogen-bond donors (Lipinski definition) is 1. The topological polar surface area (TPSA) is 108 Å². The van der Waals surface area contributed by atoms with Crippen LogP contribution in [0.2, 0.25) is 0 Å². The molecule has 2 aromatic heterocycles. The summed E-state index contributed by atoms with van der Waals surface area (Å²) in [5.74, 6) is -0.498. The molecule has 3 heterocycles. The number of nitrogens with zero attached hydrogens (tertiary/aromatic N) is 4. The van der Waals surface area contributed by atoms with Gasteiger partial charge in [0.15, 0.2) is 0 Å². The first kappa shape index (κ1) is 21.0. The summed E-state index contributed by atoms with van der Waals surface area (Å²) in [5.41, 5.74) is -1.35. The van der Waals surface area contributed by atoms with Gasteiger partial charge in [0, 0.05) is 52.4 Å². The average Bonchev–Trinajstić information content (AvgIpc) is 2.72. The Morgan fingerprint density at radius 2 is 1.76 bits per heavy atom. The van der Waals surface area contributed by atoms with Crippen molar-refractivity contribution in [3.63, 3.8) is 0 Å². The molecule has 0 aromatic carbocycles. The second-order valence-corrected chi connectivity index (χ2v) is 6.94. The van der Waals surface area contributed by atoms with Crippen molar-refractivity contribution in [2.45, 2.75) is 26.9 Å². The predicted octanol–water partition coefficient (Wildman–Crippen LogP) is -1.04. The second kappa shape index (κ2) is 8.75. The summed E-state index contributed by atoms with van der Waals surface area (Å²) in [7, 11) is 1.50. The van der Waals surface area contributed by atoms with Crippen LogP contribution in [0, 0.1) is 0 Å². The van der Waals surface area contributed by atoms with Crippen LogP contribution in [0.25, 0.3) is 11.0 Å². The monoisotopic (exact) mass is 405 g/mol. The lowest BCUT2D eigenvalue weighted by Gasteiger charge is -2.26. The molecule has 3 rings (SSSR count). The molecule has 10 nitrogen and oxygen atoms in total. The van der Waals surface area contributed by atoms with Crippen molar-refractivity contribution >= 4 is 16.9 Å². The molecule has 0 saturated carbocycles. The lowest BCUT2D eigenvalue weighted by Crippen LogP contribution is -2.43. The first-order valence-electron chi connectivity index (χ1n) is 9.86. The number of morpholine rings is 1. The van der Waals surface area contributed by atoms with Gasteiger partial charge in [0.25, 0.3) is 17.0 Å². The Morgan fingerprint density at radius 1 is 1.10 bits per heavy atom. The van der Waals surface area contributed by atoms with Crippen LogP contribution in [0.1, 0.15) is 24.2 Å². The van der Waals surface area contributed by atoms with E-state index in [4.69, 9.17) is 4.74 Å². The first-order valence-corrected chi connectivity index (χ1v) is 9.86. The van der Waals surface area contributed by atoms with Gasteiger partial charge in [-0.2, -0.15) is 0 Å². The Bertz CT molecular complexity index is 1090. The van der Waals surface area contributed by atoms with E-state index in [2.05, 4.69) is 10.2 Å². The van der Waals surface area contributed by atoms with E-state index in [1.54, 1.807) is 13.8 Å². The summed E-state index contributed by atoms with van der Waals surface area (Å²) in [4.78, 5) is 53.1. The number of aromatic nitrogens is 3. The van der Waals surface area contributed by atoms with Gasteiger partial charge in [-0.1, -0.05) is 0 Å². The molecule has 0 unspecified atom stereocenters. The molecule has 0 atom stereocenters. The molecular weight excluding hydrogens is 378 g/mol. The van der Waals surface area contributed by atoms with E-state index in [1.165, 1.54) is 22.2 Å². The lowest BCUT2D eigenvalue weighted by molar-refractivity contribution is 0.0383. The van der Waals surface area contributed by atoms with Crippen LogP contribution >= 0.6 is 0 Å². The summed E-state index contributed by atoms with van der Waals surface area (Å²) in [6, 6.07) is 1.18. The quantitative estimate of drug-likeness (QED) is 0.658. The van der Waals surface area contributed by atoms with E-state index in [-0.39, 0.29) is 29.7 Å². The van der Waals surface area contributed by atoms with Crippen molar-refractivity contribution in [3.8, 4) is 0 Å². The number of carbonyl (C=O) groups is 1. The van der Waals surface area contributed by atoms with Crippen LogP contribution in [-0.4, -0.2) is 63.9 Å². The van der Waals surface area contributed by atoms with Crippen molar-refractivity contribution in [1.82, 2.24) is 23.9 Å². The minimum atomic E-state index is -0.564. The van der Waals surface area contributed by atoms with Gasteiger partial charge in [0.05, 0.1) is 24.2 Å². The van der Waals surface area contributed by atoms with Gasteiger partial charge < -0.3 is 10.1 Å². The molecule has 1 saturated heterocycles. The molecule has 158 valence electrons. The standard InChI is InChI=1S/C19H27N5O5/c1-4-23-14(25)12-13(16(26)20-6-7-22-8-10-29-11-9-22)15-17(23)21(3)19(28)24(5-2)18(15)27/h12H,4-11H2,1-3H3,(H,20,26). The number of aryl methyl sites for hydroxylation is 2. The number of ether oxygens (including phenoxy) is 1. The van der Waals surface area contributed by atoms with E-state index in [0.29, 0.717) is 26.3 Å². The smallest absolute Gasteiger partial charge is 0.332 e. The van der Waals surface area contributed by atoms with Crippen molar-refractivity contribution in [2.24, 2.45) is 7.05 Å². The Labute approximate surface area is 167 Å². The van der Waals surface area contributed by atoms with Crippen molar-refractivity contribution in [2.75, 3.05) is 39.4 Å². The lowest BCUT2D eigenvalue weighted by atomic mass is 10.1. The maximum absolute atomic E-state index is 13.0. The minimum Gasteiger partial charge on any atom is -0.379 e. The van der Waals surface area contributed by atoms with Crippen LogP contribution in [-0.2, 0) is 24.9 Å². The maximum atomic E-state index is 13.0. The number of fused-ring (bicyclic) bond motifs is 1. The SMILES string of the molecule is CCn1c(=O)c2c(C(=O)NCCN3CCOCC3)cc(=O)n(CC)c2n(C)c1=O. The molecule has 0 aliphatic carbocycles. The van der Waals surface area contributed by atoms with Gasteiger partial charge in [-0.15, -0.1) is 0 Å². The average molecular weight is 405 g/mol. The summed E-state index contributed by atoms with van der Waals surface area (Å²) < 4.78 is 8.97. The Morgan fingerprint density at radius 3 is 2.38 bits per heavy atom. The molecule has 10 heteroatoms. The largest absolute Gasteiger partial charge is 0.379 e. The van der Waals surface area contributed by atoms with Gasteiger partial charge in [-0.05, 0) is 13.8 Å². The Kier molecular flexibility index (Phi) is 6.33. The summed E-state index contributed by atoms with van der Waals surface area (Å²) in [6.07, 6.45) is 0. The van der Waals surface area contributed by atoms with Crippen molar-refractivity contribution in [3.05, 3.63) is 42.8 Å². The van der Waals surface area contributed by atoms with Gasteiger partial charge in [-0.3, -0.25) is 33.0 Å². The van der Waals surface area contributed by atoms with Crippen LogP contribution in [0.15, 0.2) is 20.4 Å². The first-order chi connectivity index (χ1) is 13.9. The highest BCUT2D eigenvalue weighted by Crippen LogP contribution is 2.12. The predicted molar refractivity (Wildman–Crippen MR) is 109 cm³/mol. The highest BCUT2D eigenvalue weighted by molar-refractivity contribution is 6.05. The number of nitrogens with one attached hydrogen (secondary N) is 1. The Balaban J connectivity index is 2.04. The fourth-order valence-corrected chi connectivity index (χ4v) is 3.70. The molecule has 1 aliphatic heterocycles. The molecule has 1 aliphatic rings. The normalized spacial score (nSPS) is 15.0. The Hall–Kier alpha value is -2.72. The zero-order chi connectivity index (χ0) is 21.1. The number of hydrogen-bond acceptors (Lipinski definition) is 6. The summed E-state index contributed by atoms with van der Waals surface area (Å²) in [5, 5.41) is 2.88. The summed E-state index contributed by atoms with van der Waals surface area (Å²) in [6.45, 7) is 7.84. The molecule has 0 spiro atoms. The van der Waals surface area contributed by atoms with E-state index in [9.17, 15) is 19.2 Å². The molecular formula is C19H27N5O5. The van der Waals surface area contributed by atoms with Gasteiger partial charge in [0.2, 0.25) is 0 Å². The number of rotatable bonds is 6. The fraction of sp³-hybridized carbons (Fsp3) is 0.579. The van der Waals surface area contributed by atoms with Crippen LogP contribution < -0.4 is 22.1 Å². The zero-order valence-electron chi connectivity index (χ0n) is 17.1. The maximum Gasteiger partial charge on any atom is 0.332 e. The molecule has 2 aromatic rings. The third kappa shape index (κ3) is 3.90. The number of amides is 1. The van der Waals surface area contributed by atoms with Crippen molar-refractivity contribution in [1.29, 1.82) is 0 Å². The van der Waals surface area contributed by atoms with Gasteiger partial charge >= 0.3 is 5.69 Å². The number of carbonyl (C=O) groups excluding carboxylic acids is 1.